The Morgan fingerprint density at radius 3 is 2.03 bits per heavy atom. The zero-order chi connectivity index (χ0) is 25.7. The van der Waals surface area contributed by atoms with Crippen LogP contribution in [-0.4, -0.2) is 18.5 Å². The van der Waals surface area contributed by atoms with Gasteiger partial charge in [-0.15, -0.1) is 0 Å². The van der Waals surface area contributed by atoms with Gasteiger partial charge in [0, 0.05) is 33.8 Å². The lowest BCUT2D eigenvalue weighted by Gasteiger charge is -2.32. The molecule has 6 heteroatoms. The van der Waals surface area contributed by atoms with Crippen molar-refractivity contribution in [3.05, 3.63) is 129 Å². The van der Waals surface area contributed by atoms with E-state index in [9.17, 15) is 14.7 Å². The SMILES string of the molecule is CC1=C(C(=O)[O-])C(c2cccc(Cl)c2)C(C(=O)OCCC(c2ccccc2)c2ccccc2)=C(C)N1. The van der Waals surface area contributed by atoms with Crippen molar-refractivity contribution in [2.75, 3.05) is 6.61 Å². The minimum absolute atomic E-state index is 0.0127. The number of ether oxygens (including phenoxy) is 1. The first-order valence-corrected chi connectivity index (χ1v) is 12.2. The maximum Gasteiger partial charge on any atom is 0.336 e. The van der Waals surface area contributed by atoms with Gasteiger partial charge in [-0.05, 0) is 49.1 Å². The molecule has 0 aromatic heterocycles. The van der Waals surface area contributed by atoms with Crippen LogP contribution in [0.3, 0.4) is 0 Å². The number of aliphatic carboxylic acids is 1. The number of halogens is 1. The fourth-order valence-electron chi connectivity index (χ4n) is 4.80. The minimum atomic E-state index is -1.35. The molecule has 36 heavy (non-hydrogen) atoms. The number of allylic oxidation sites excluding steroid dienone is 2. The van der Waals surface area contributed by atoms with Crippen molar-refractivity contribution in [1.82, 2.24) is 5.32 Å². The number of hydrogen-bond donors (Lipinski definition) is 1. The lowest BCUT2D eigenvalue weighted by atomic mass is 9.80. The molecule has 1 aliphatic rings. The second-order valence-corrected chi connectivity index (χ2v) is 9.21. The summed E-state index contributed by atoms with van der Waals surface area (Å²) in [5, 5.41) is 15.6. The second kappa shape index (κ2) is 11.3. The summed E-state index contributed by atoms with van der Waals surface area (Å²) < 4.78 is 5.76. The van der Waals surface area contributed by atoms with Crippen molar-refractivity contribution in [1.29, 1.82) is 0 Å². The Labute approximate surface area is 216 Å². The van der Waals surface area contributed by atoms with Gasteiger partial charge in [-0.25, -0.2) is 4.79 Å². The van der Waals surface area contributed by atoms with Gasteiger partial charge in [-0.3, -0.25) is 0 Å². The van der Waals surface area contributed by atoms with Crippen LogP contribution in [0.1, 0.15) is 48.8 Å². The normalized spacial score (nSPS) is 15.6. The number of rotatable bonds is 8. The van der Waals surface area contributed by atoms with Crippen LogP contribution >= 0.6 is 11.6 Å². The van der Waals surface area contributed by atoms with Gasteiger partial charge in [0.05, 0.1) is 18.1 Å². The lowest BCUT2D eigenvalue weighted by Crippen LogP contribution is -2.37. The zero-order valence-electron chi connectivity index (χ0n) is 20.2. The van der Waals surface area contributed by atoms with Crippen LogP contribution < -0.4 is 10.4 Å². The Kier molecular flexibility index (Phi) is 7.91. The molecule has 1 N–H and O–H groups in total. The van der Waals surface area contributed by atoms with E-state index in [4.69, 9.17) is 16.3 Å². The lowest BCUT2D eigenvalue weighted by molar-refractivity contribution is -0.299. The van der Waals surface area contributed by atoms with Crippen LogP contribution in [0, 0.1) is 0 Å². The average molecular weight is 501 g/mol. The van der Waals surface area contributed by atoms with Crippen LogP contribution in [0.5, 0.6) is 0 Å². The van der Waals surface area contributed by atoms with Crippen molar-refractivity contribution < 1.29 is 19.4 Å². The largest absolute Gasteiger partial charge is 0.545 e. The van der Waals surface area contributed by atoms with Crippen LogP contribution in [0.4, 0.5) is 0 Å². The second-order valence-electron chi connectivity index (χ2n) is 8.78. The van der Waals surface area contributed by atoms with Gasteiger partial charge in [0.25, 0.3) is 0 Å². The van der Waals surface area contributed by atoms with Gasteiger partial charge in [-0.2, -0.15) is 0 Å². The molecule has 0 amide bonds. The van der Waals surface area contributed by atoms with Crippen molar-refractivity contribution in [3.8, 4) is 0 Å². The Bertz CT molecular complexity index is 1280. The molecule has 1 heterocycles. The third-order valence-electron chi connectivity index (χ3n) is 6.43. The van der Waals surface area contributed by atoms with Gasteiger partial charge < -0.3 is 20.0 Å². The molecule has 0 radical (unpaired) electrons. The van der Waals surface area contributed by atoms with E-state index in [1.165, 1.54) is 0 Å². The summed E-state index contributed by atoms with van der Waals surface area (Å²) in [5.41, 5.74) is 4.02. The number of dihydropyridines is 1. The van der Waals surface area contributed by atoms with Crippen LogP contribution in [0.2, 0.25) is 5.02 Å². The van der Waals surface area contributed by atoms with Crippen LogP contribution in [-0.2, 0) is 14.3 Å². The quantitative estimate of drug-likeness (QED) is 0.436. The third-order valence-corrected chi connectivity index (χ3v) is 6.66. The first kappa shape index (κ1) is 25.3. The number of benzene rings is 3. The molecule has 1 aliphatic heterocycles. The van der Waals surface area contributed by atoms with Gasteiger partial charge in [0.1, 0.15) is 0 Å². The fraction of sp³-hybridized carbons (Fsp3) is 0.200. The number of carboxylic acids is 1. The van der Waals surface area contributed by atoms with Gasteiger partial charge >= 0.3 is 5.97 Å². The molecule has 0 aliphatic carbocycles. The standard InChI is InChI=1S/C30H28ClNO4/c1-19-26(29(33)34)28(23-14-9-15-24(31)18-23)27(20(2)32-19)30(35)36-17-16-25(21-10-5-3-6-11-21)22-12-7-4-8-13-22/h3-15,18,25,28,32H,16-17H2,1-2H3,(H,33,34)/p-1. The predicted octanol–water partition coefficient (Wildman–Crippen LogP) is 5.09. The Morgan fingerprint density at radius 2 is 1.47 bits per heavy atom. The molecule has 0 spiro atoms. The van der Waals surface area contributed by atoms with Crippen molar-refractivity contribution in [3.63, 3.8) is 0 Å². The number of carbonyl (C=O) groups is 2. The van der Waals surface area contributed by atoms with Gasteiger partial charge in [0.2, 0.25) is 0 Å². The van der Waals surface area contributed by atoms with E-state index < -0.39 is 17.9 Å². The summed E-state index contributed by atoms with van der Waals surface area (Å²) in [6, 6.07) is 27.0. The summed E-state index contributed by atoms with van der Waals surface area (Å²) >= 11 is 6.20. The summed E-state index contributed by atoms with van der Waals surface area (Å²) in [6.07, 6.45) is 0.573. The number of carbonyl (C=O) groups excluding carboxylic acids is 2. The maximum atomic E-state index is 13.4. The highest BCUT2D eigenvalue weighted by molar-refractivity contribution is 6.30. The van der Waals surface area contributed by atoms with E-state index in [0.29, 0.717) is 28.4 Å². The van der Waals surface area contributed by atoms with Crippen molar-refractivity contribution >= 4 is 23.5 Å². The molecule has 184 valence electrons. The molecule has 3 aromatic carbocycles. The Balaban J connectivity index is 1.59. The van der Waals surface area contributed by atoms with E-state index in [1.54, 1.807) is 38.1 Å². The molecule has 1 atom stereocenters. The van der Waals surface area contributed by atoms with E-state index in [1.807, 2.05) is 36.4 Å². The highest BCUT2D eigenvalue weighted by Gasteiger charge is 2.34. The van der Waals surface area contributed by atoms with E-state index in [0.717, 1.165) is 11.1 Å². The average Bonchev–Trinajstić information content (AvgIpc) is 2.87. The summed E-state index contributed by atoms with van der Waals surface area (Å²) in [5.74, 6) is -2.74. The van der Waals surface area contributed by atoms with Crippen LogP contribution in [0.15, 0.2) is 107 Å². The van der Waals surface area contributed by atoms with Gasteiger partial charge in [-0.1, -0.05) is 84.4 Å². The monoisotopic (exact) mass is 500 g/mol. The topological polar surface area (TPSA) is 78.5 Å². The summed E-state index contributed by atoms with van der Waals surface area (Å²) in [4.78, 5) is 25.5. The molecule has 0 saturated heterocycles. The molecule has 0 fully saturated rings. The molecule has 1 unspecified atom stereocenters. The molecular formula is C30H27ClNO4-. The summed E-state index contributed by atoms with van der Waals surface area (Å²) in [6.45, 7) is 3.55. The van der Waals surface area contributed by atoms with E-state index >= 15 is 0 Å². The highest BCUT2D eigenvalue weighted by atomic mass is 35.5. The highest BCUT2D eigenvalue weighted by Crippen LogP contribution is 2.39. The van der Waals surface area contributed by atoms with Crippen molar-refractivity contribution in [2.24, 2.45) is 0 Å². The molecule has 3 aromatic rings. The number of esters is 1. The Hall–Kier alpha value is -3.83. The smallest absolute Gasteiger partial charge is 0.336 e. The third kappa shape index (κ3) is 5.52. The number of carboxylic acid groups (broad SMARTS) is 1. The van der Waals surface area contributed by atoms with Crippen LogP contribution in [0.25, 0.3) is 0 Å². The number of nitrogens with one attached hydrogen (secondary N) is 1. The fourth-order valence-corrected chi connectivity index (χ4v) is 5.00. The Morgan fingerprint density at radius 1 is 0.889 bits per heavy atom. The van der Waals surface area contributed by atoms with E-state index in [2.05, 4.69) is 29.6 Å². The molecule has 5 nitrogen and oxygen atoms in total. The molecular weight excluding hydrogens is 474 g/mol. The molecule has 4 rings (SSSR count). The zero-order valence-corrected chi connectivity index (χ0v) is 20.9. The predicted molar refractivity (Wildman–Crippen MR) is 138 cm³/mol. The maximum absolute atomic E-state index is 13.4. The van der Waals surface area contributed by atoms with E-state index in [-0.39, 0.29) is 23.7 Å². The summed E-state index contributed by atoms with van der Waals surface area (Å²) in [7, 11) is 0. The number of hydrogen-bond acceptors (Lipinski definition) is 5. The first-order valence-electron chi connectivity index (χ1n) is 11.8. The minimum Gasteiger partial charge on any atom is -0.545 e. The first-order chi connectivity index (χ1) is 17.4. The van der Waals surface area contributed by atoms with Gasteiger partial charge in [0.15, 0.2) is 0 Å². The van der Waals surface area contributed by atoms with Crippen molar-refractivity contribution in [2.45, 2.75) is 32.1 Å². The molecule has 0 bridgehead atoms. The molecule has 0 saturated carbocycles.